The minimum Gasteiger partial charge on any atom is -0.465 e. The average molecular weight is 484 g/mol. The Balaban J connectivity index is 1.49. The summed E-state index contributed by atoms with van der Waals surface area (Å²) in [5, 5.41) is 6.80. The lowest BCUT2D eigenvalue weighted by atomic mass is 9.98. The van der Waals surface area contributed by atoms with E-state index in [0.29, 0.717) is 36.8 Å². The number of hydrogen-bond donors (Lipinski definition) is 1. The number of nitrogens with zero attached hydrogens (tertiary/aromatic N) is 2. The maximum Gasteiger partial charge on any atom is 0.248 e. The summed E-state index contributed by atoms with van der Waals surface area (Å²) in [5.74, 6) is 0.466. The molecule has 3 aromatic rings. The van der Waals surface area contributed by atoms with Crippen LogP contribution in [0.2, 0.25) is 0 Å². The van der Waals surface area contributed by atoms with Crippen LogP contribution >= 0.6 is 0 Å². The van der Waals surface area contributed by atoms with E-state index < -0.39 is 15.9 Å². The van der Waals surface area contributed by atoms with E-state index in [-0.39, 0.29) is 28.8 Å². The van der Waals surface area contributed by atoms with E-state index in [4.69, 9.17) is 8.94 Å². The third-order valence-corrected chi connectivity index (χ3v) is 8.00. The summed E-state index contributed by atoms with van der Waals surface area (Å²) < 4.78 is 38.9. The number of anilines is 1. The standard InChI is InChI=1S/C25H29N3O5S/c1-17(2)19-8-10-21(11-9-19)26-25(29)20-6-4-14-28(16-20)34(30,31)24-18(3)27-33-23(24)13-12-22-7-5-15-32-22/h5,7-13,15,17,20H,4,6,14,16H2,1-3H3,(H,26,29)/b13-12+/t20-/m0/s1. The summed E-state index contributed by atoms with van der Waals surface area (Å²) in [7, 11) is -3.91. The van der Waals surface area contributed by atoms with Gasteiger partial charge in [-0.3, -0.25) is 4.79 Å². The first-order valence-corrected chi connectivity index (χ1v) is 12.8. The minimum absolute atomic E-state index is 0.0145. The van der Waals surface area contributed by atoms with Crippen LogP contribution in [0.4, 0.5) is 5.69 Å². The van der Waals surface area contributed by atoms with Crippen LogP contribution < -0.4 is 5.32 Å². The van der Waals surface area contributed by atoms with Crippen LogP contribution in [-0.2, 0) is 14.8 Å². The second-order valence-electron chi connectivity index (χ2n) is 8.78. The number of rotatable bonds is 7. The molecule has 9 heteroatoms. The van der Waals surface area contributed by atoms with E-state index in [1.54, 1.807) is 25.1 Å². The highest BCUT2D eigenvalue weighted by atomic mass is 32.2. The molecule has 180 valence electrons. The van der Waals surface area contributed by atoms with Crippen LogP contribution in [0.5, 0.6) is 0 Å². The van der Waals surface area contributed by atoms with Gasteiger partial charge in [0.15, 0.2) is 10.7 Å². The lowest BCUT2D eigenvalue weighted by Crippen LogP contribution is -2.43. The van der Waals surface area contributed by atoms with Crippen molar-refractivity contribution in [3.63, 3.8) is 0 Å². The fourth-order valence-corrected chi connectivity index (χ4v) is 5.82. The summed E-state index contributed by atoms with van der Waals surface area (Å²) in [6.07, 6.45) is 5.89. The summed E-state index contributed by atoms with van der Waals surface area (Å²) in [4.78, 5) is 12.9. The Morgan fingerprint density at radius 1 is 1.21 bits per heavy atom. The second kappa shape index (κ2) is 9.99. The highest BCUT2D eigenvalue weighted by Crippen LogP contribution is 2.30. The molecule has 34 heavy (non-hydrogen) atoms. The fraction of sp³-hybridized carbons (Fsp3) is 0.360. The predicted octanol–water partition coefficient (Wildman–Crippen LogP) is 4.91. The third kappa shape index (κ3) is 5.15. The fourth-order valence-electron chi connectivity index (χ4n) is 4.04. The zero-order chi connectivity index (χ0) is 24.3. The molecule has 0 aliphatic carbocycles. The van der Waals surface area contributed by atoms with Crippen molar-refractivity contribution in [2.75, 3.05) is 18.4 Å². The van der Waals surface area contributed by atoms with E-state index in [1.807, 2.05) is 24.3 Å². The highest BCUT2D eigenvalue weighted by Gasteiger charge is 2.37. The normalized spacial score (nSPS) is 17.5. The molecular weight excluding hydrogens is 454 g/mol. The summed E-state index contributed by atoms with van der Waals surface area (Å²) in [5.41, 5.74) is 2.17. The molecule has 1 aliphatic rings. The maximum atomic E-state index is 13.5. The third-order valence-electron chi connectivity index (χ3n) is 5.97. The van der Waals surface area contributed by atoms with E-state index in [2.05, 4.69) is 24.3 Å². The molecule has 1 atom stereocenters. The Kier molecular flexibility index (Phi) is 7.04. The molecule has 1 amide bonds. The maximum absolute atomic E-state index is 13.5. The van der Waals surface area contributed by atoms with Crippen molar-refractivity contribution >= 4 is 33.8 Å². The topological polar surface area (TPSA) is 106 Å². The van der Waals surface area contributed by atoms with Gasteiger partial charge in [-0.15, -0.1) is 0 Å². The number of sulfonamides is 1. The molecule has 1 aromatic carbocycles. The molecule has 1 saturated heterocycles. The van der Waals surface area contributed by atoms with E-state index in [1.165, 1.54) is 22.2 Å². The van der Waals surface area contributed by atoms with Crippen molar-refractivity contribution < 1.29 is 22.2 Å². The van der Waals surface area contributed by atoms with Crippen LogP contribution in [0.25, 0.3) is 12.2 Å². The lowest BCUT2D eigenvalue weighted by Gasteiger charge is -2.31. The monoisotopic (exact) mass is 483 g/mol. The molecule has 0 unspecified atom stereocenters. The molecule has 4 rings (SSSR count). The summed E-state index contributed by atoms with van der Waals surface area (Å²) in [6.45, 7) is 6.25. The number of carbonyl (C=O) groups is 1. The Morgan fingerprint density at radius 2 is 1.97 bits per heavy atom. The number of aromatic nitrogens is 1. The Bertz CT molecular complexity index is 1260. The Labute approximate surface area is 199 Å². The second-order valence-corrected chi connectivity index (χ2v) is 10.7. The number of amides is 1. The number of furan rings is 1. The molecule has 0 saturated carbocycles. The molecule has 8 nitrogen and oxygen atoms in total. The van der Waals surface area contributed by atoms with Gasteiger partial charge in [-0.05, 0) is 67.7 Å². The summed E-state index contributed by atoms with van der Waals surface area (Å²) >= 11 is 0. The number of piperidine rings is 1. The van der Waals surface area contributed by atoms with Gasteiger partial charge in [-0.1, -0.05) is 31.1 Å². The number of carbonyl (C=O) groups excluding carboxylic acids is 1. The first-order chi connectivity index (χ1) is 16.3. The average Bonchev–Trinajstić information content (AvgIpc) is 3.47. The van der Waals surface area contributed by atoms with Crippen molar-refractivity contribution in [1.82, 2.24) is 9.46 Å². The van der Waals surface area contributed by atoms with Crippen molar-refractivity contribution in [1.29, 1.82) is 0 Å². The minimum atomic E-state index is -3.91. The van der Waals surface area contributed by atoms with Gasteiger partial charge in [0.2, 0.25) is 15.9 Å². The van der Waals surface area contributed by atoms with Gasteiger partial charge >= 0.3 is 0 Å². The number of aryl methyl sites for hydroxylation is 1. The molecule has 1 aliphatic heterocycles. The van der Waals surface area contributed by atoms with E-state index in [0.717, 1.165) is 0 Å². The number of nitrogens with one attached hydrogen (secondary N) is 1. The molecule has 1 fully saturated rings. The first kappa shape index (κ1) is 24.0. The number of benzene rings is 1. The SMILES string of the molecule is Cc1noc(/C=C/c2ccco2)c1S(=O)(=O)N1CCC[C@H](C(=O)Nc2ccc(C(C)C)cc2)C1. The van der Waals surface area contributed by atoms with E-state index in [9.17, 15) is 13.2 Å². The smallest absolute Gasteiger partial charge is 0.248 e. The van der Waals surface area contributed by atoms with E-state index >= 15 is 0 Å². The van der Waals surface area contributed by atoms with Crippen LogP contribution in [-0.4, -0.2) is 36.9 Å². The van der Waals surface area contributed by atoms with Gasteiger partial charge in [-0.2, -0.15) is 4.31 Å². The van der Waals surface area contributed by atoms with Crippen LogP contribution in [0.15, 0.2) is 56.5 Å². The molecule has 1 N–H and O–H groups in total. The Morgan fingerprint density at radius 3 is 2.65 bits per heavy atom. The van der Waals surface area contributed by atoms with Gasteiger partial charge in [0.1, 0.15) is 11.5 Å². The number of hydrogen-bond acceptors (Lipinski definition) is 6. The first-order valence-electron chi connectivity index (χ1n) is 11.3. The zero-order valence-electron chi connectivity index (χ0n) is 19.5. The van der Waals surface area contributed by atoms with Gasteiger partial charge in [-0.25, -0.2) is 8.42 Å². The van der Waals surface area contributed by atoms with Gasteiger partial charge < -0.3 is 14.3 Å². The highest BCUT2D eigenvalue weighted by molar-refractivity contribution is 7.89. The van der Waals surface area contributed by atoms with Crippen molar-refractivity contribution in [2.24, 2.45) is 5.92 Å². The lowest BCUT2D eigenvalue weighted by molar-refractivity contribution is -0.120. The van der Waals surface area contributed by atoms with Crippen LogP contribution in [0.1, 0.15) is 55.4 Å². The molecule has 0 bridgehead atoms. The van der Waals surface area contributed by atoms with Gasteiger partial charge in [0, 0.05) is 18.8 Å². The largest absolute Gasteiger partial charge is 0.465 e. The van der Waals surface area contributed by atoms with Gasteiger partial charge in [0.25, 0.3) is 0 Å². The molecule has 3 heterocycles. The van der Waals surface area contributed by atoms with Crippen LogP contribution in [0.3, 0.4) is 0 Å². The zero-order valence-corrected chi connectivity index (χ0v) is 20.3. The van der Waals surface area contributed by atoms with Crippen LogP contribution in [0, 0.1) is 12.8 Å². The Hall–Kier alpha value is -3.17. The molecule has 0 spiro atoms. The predicted molar refractivity (Wildman–Crippen MR) is 130 cm³/mol. The quantitative estimate of drug-likeness (QED) is 0.512. The molecule has 2 aromatic heterocycles. The molecular formula is C25H29N3O5S. The van der Waals surface area contributed by atoms with Crippen molar-refractivity contribution in [3.8, 4) is 0 Å². The van der Waals surface area contributed by atoms with Crippen molar-refractivity contribution in [2.45, 2.75) is 44.4 Å². The van der Waals surface area contributed by atoms with Crippen molar-refractivity contribution in [3.05, 3.63) is 65.4 Å². The summed E-state index contributed by atoms with van der Waals surface area (Å²) in [6, 6.07) is 11.2. The van der Waals surface area contributed by atoms with Gasteiger partial charge in [0.05, 0.1) is 12.2 Å². The molecule has 0 radical (unpaired) electrons.